The molecular weight excluding hydrogens is 700 g/mol. The molecule has 14 nitrogen and oxygen atoms in total. The van der Waals surface area contributed by atoms with Gasteiger partial charge in [0.05, 0.1) is 13.2 Å². The third-order valence-electron chi connectivity index (χ3n) is 9.65. The van der Waals surface area contributed by atoms with E-state index in [-0.39, 0.29) is 37.9 Å². The summed E-state index contributed by atoms with van der Waals surface area (Å²) < 4.78 is 46.5. The Balaban J connectivity index is 0.879. The van der Waals surface area contributed by atoms with Gasteiger partial charge in [0.15, 0.2) is 25.2 Å². The lowest BCUT2D eigenvalue weighted by Crippen LogP contribution is -2.66. The molecule has 0 bridgehead atoms. The number of benzene rings is 2. The summed E-state index contributed by atoms with van der Waals surface area (Å²) in [5, 5.41) is 28.0. The van der Waals surface area contributed by atoms with Gasteiger partial charge in [0.25, 0.3) is 0 Å². The van der Waals surface area contributed by atoms with E-state index in [2.05, 4.69) is 34.3 Å². The summed E-state index contributed by atoms with van der Waals surface area (Å²) in [5.74, 6) is 10.9. The van der Waals surface area contributed by atoms with E-state index in [0.29, 0.717) is 25.7 Å². The SMILES string of the molecule is CO[C@H]1O[C@@H]2COC(c3ccccc3)O[C@H]2[C@H](O)[C@H]1NC(=O)CCCC#CC#CCCCC(=O)N[C@H]1[C@@H](OC)O[C@@H]2COC(c3ccccc3)O[C@H]2[C@@H]1O. The average molecular weight is 749 g/mol. The summed E-state index contributed by atoms with van der Waals surface area (Å²) in [5.41, 5.74) is 1.64. The first kappa shape index (κ1) is 39.8. The lowest BCUT2D eigenvalue weighted by Gasteiger charge is -2.47. The number of amides is 2. The molecule has 4 aliphatic rings. The van der Waals surface area contributed by atoms with Crippen LogP contribution in [0.5, 0.6) is 0 Å². The zero-order valence-corrected chi connectivity index (χ0v) is 30.3. The molecule has 0 aromatic heterocycles. The highest BCUT2D eigenvalue weighted by Gasteiger charge is 2.51. The molecule has 2 amide bonds. The molecule has 6 rings (SSSR count). The third-order valence-corrected chi connectivity index (χ3v) is 9.65. The minimum Gasteiger partial charge on any atom is -0.388 e. The number of hydrogen-bond donors (Lipinski definition) is 4. The van der Waals surface area contributed by atoms with Crippen LogP contribution in [0.2, 0.25) is 0 Å². The minimum absolute atomic E-state index is 0.182. The van der Waals surface area contributed by atoms with Crippen molar-refractivity contribution in [2.45, 2.75) is 112 Å². The maximum atomic E-state index is 12.8. The minimum atomic E-state index is -1.08. The van der Waals surface area contributed by atoms with Crippen LogP contribution in [0.3, 0.4) is 0 Å². The molecule has 290 valence electrons. The fourth-order valence-corrected chi connectivity index (χ4v) is 6.86. The van der Waals surface area contributed by atoms with Gasteiger partial charge in [-0.2, -0.15) is 0 Å². The van der Waals surface area contributed by atoms with Crippen LogP contribution in [0.1, 0.15) is 62.2 Å². The second-order valence-electron chi connectivity index (χ2n) is 13.4. The van der Waals surface area contributed by atoms with E-state index >= 15 is 0 Å². The van der Waals surface area contributed by atoms with Crippen molar-refractivity contribution < 1.29 is 57.7 Å². The summed E-state index contributed by atoms with van der Waals surface area (Å²) in [7, 11) is 2.90. The highest BCUT2D eigenvalue weighted by Crippen LogP contribution is 2.36. The quantitative estimate of drug-likeness (QED) is 0.184. The van der Waals surface area contributed by atoms with Crippen molar-refractivity contribution in [3.63, 3.8) is 0 Å². The zero-order chi connectivity index (χ0) is 37.9. The Morgan fingerprint density at radius 1 is 0.667 bits per heavy atom. The molecule has 54 heavy (non-hydrogen) atoms. The predicted molar refractivity (Wildman–Crippen MR) is 190 cm³/mol. The molecule has 4 aliphatic heterocycles. The van der Waals surface area contributed by atoms with Gasteiger partial charge in [0, 0.05) is 51.0 Å². The Morgan fingerprint density at radius 3 is 1.46 bits per heavy atom. The molecular formula is C40H48N2O12. The normalized spacial score (nSPS) is 33.0. The first-order valence-electron chi connectivity index (χ1n) is 18.3. The van der Waals surface area contributed by atoms with Crippen LogP contribution in [-0.4, -0.2) is 111 Å². The topological polar surface area (TPSA) is 172 Å². The Bertz CT molecular complexity index is 1520. The number of aliphatic hydroxyl groups excluding tert-OH is 2. The molecule has 0 aliphatic carbocycles. The van der Waals surface area contributed by atoms with Gasteiger partial charge in [-0.1, -0.05) is 72.5 Å². The molecule has 0 radical (unpaired) electrons. The molecule has 2 unspecified atom stereocenters. The molecule has 14 heteroatoms. The summed E-state index contributed by atoms with van der Waals surface area (Å²) in [6, 6.07) is 17.2. The van der Waals surface area contributed by atoms with Gasteiger partial charge in [0.1, 0.15) is 48.7 Å². The molecule has 4 fully saturated rings. The number of carbonyl (C=O) groups is 2. The number of ether oxygens (including phenoxy) is 8. The van der Waals surface area contributed by atoms with E-state index in [9.17, 15) is 19.8 Å². The number of methoxy groups -OCH3 is 2. The Morgan fingerprint density at radius 2 is 1.07 bits per heavy atom. The summed E-state index contributed by atoms with van der Waals surface area (Å²) in [4.78, 5) is 25.6. The highest BCUT2D eigenvalue weighted by molar-refractivity contribution is 5.76. The van der Waals surface area contributed by atoms with Gasteiger partial charge in [-0.05, 0) is 24.7 Å². The van der Waals surface area contributed by atoms with E-state index in [1.165, 1.54) is 14.2 Å². The van der Waals surface area contributed by atoms with Crippen LogP contribution in [0, 0.1) is 23.7 Å². The van der Waals surface area contributed by atoms with E-state index in [4.69, 9.17) is 37.9 Å². The number of unbranched alkanes of at least 4 members (excludes halogenated alkanes) is 2. The third kappa shape index (κ3) is 10.0. The van der Waals surface area contributed by atoms with Gasteiger partial charge in [0.2, 0.25) is 11.8 Å². The Labute approximate surface area is 315 Å². The molecule has 0 saturated carbocycles. The maximum absolute atomic E-state index is 12.8. The van der Waals surface area contributed by atoms with Gasteiger partial charge in [-0.25, -0.2) is 0 Å². The van der Waals surface area contributed by atoms with E-state index in [0.717, 1.165) is 11.1 Å². The lowest BCUT2D eigenvalue weighted by molar-refractivity contribution is -0.341. The van der Waals surface area contributed by atoms with Crippen molar-refractivity contribution in [1.29, 1.82) is 0 Å². The summed E-state index contributed by atoms with van der Waals surface area (Å²) in [6.07, 6.45) is -5.51. The van der Waals surface area contributed by atoms with Crippen molar-refractivity contribution in [1.82, 2.24) is 10.6 Å². The molecule has 4 saturated heterocycles. The average Bonchev–Trinajstić information content (AvgIpc) is 3.20. The van der Waals surface area contributed by atoms with Crippen LogP contribution in [-0.2, 0) is 47.5 Å². The maximum Gasteiger partial charge on any atom is 0.220 e. The summed E-state index contributed by atoms with van der Waals surface area (Å²) >= 11 is 0. The first-order valence-corrected chi connectivity index (χ1v) is 18.3. The molecule has 0 spiro atoms. The van der Waals surface area contributed by atoms with Crippen molar-refractivity contribution in [3.8, 4) is 23.7 Å². The van der Waals surface area contributed by atoms with E-state index in [1.807, 2.05) is 60.7 Å². The highest BCUT2D eigenvalue weighted by atomic mass is 16.8. The van der Waals surface area contributed by atoms with Gasteiger partial charge in [-0.15, -0.1) is 0 Å². The van der Waals surface area contributed by atoms with Gasteiger partial charge < -0.3 is 58.7 Å². The van der Waals surface area contributed by atoms with E-state index < -0.39 is 73.9 Å². The number of nitrogens with one attached hydrogen (secondary N) is 2. The fraction of sp³-hybridized carbons (Fsp3) is 0.550. The molecule has 12 atom stereocenters. The molecule has 2 aromatic rings. The second kappa shape index (κ2) is 19.6. The Hall–Kier alpha value is -3.90. The monoisotopic (exact) mass is 748 g/mol. The van der Waals surface area contributed by atoms with Crippen LogP contribution in [0.25, 0.3) is 0 Å². The number of aliphatic hydroxyl groups is 2. The van der Waals surface area contributed by atoms with Crippen LogP contribution < -0.4 is 10.6 Å². The van der Waals surface area contributed by atoms with Crippen molar-refractivity contribution >= 4 is 11.8 Å². The first-order chi connectivity index (χ1) is 26.4. The number of rotatable bonds is 12. The molecule has 4 heterocycles. The second-order valence-corrected chi connectivity index (χ2v) is 13.4. The smallest absolute Gasteiger partial charge is 0.220 e. The zero-order valence-electron chi connectivity index (χ0n) is 30.3. The standard InChI is InChI=1S/C40H48N2O12/c1-47-39-31(33(45)35-27(51-39)23-49-37(53-35)25-17-11-9-12-18-25)41-29(43)21-15-7-5-3-4-6-8-16-22-30(44)42-32-34(46)36-28(52-40(32)48-2)24-50-38(54-36)26-19-13-10-14-20-26/h9-14,17-20,27-28,31-40,45-46H,7-8,15-16,21-24H2,1-2H3,(H,41,43)(H,42,44)/t27-,28-,31-,32-,33-,34-,35-,36-,37?,38?,39+,40+/m1/s1. The van der Waals surface area contributed by atoms with Crippen molar-refractivity contribution in [3.05, 3.63) is 71.8 Å². The lowest BCUT2D eigenvalue weighted by atomic mass is 9.95. The molecule has 4 N–H and O–H groups in total. The van der Waals surface area contributed by atoms with Crippen molar-refractivity contribution in [2.24, 2.45) is 0 Å². The number of fused-ring (bicyclic) bond motifs is 2. The fourth-order valence-electron chi connectivity index (χ4n) is 6.86. The van der Waals surface area contributed by atoms with Gasteiger partial charge >= 0.3 is 0 Å². The summed E-state index contributed by atoms with van der Waals surface area (Å²) in [6.45, 7) is 0.415. The van der Waals surface area contributed by atoms with Crippen LogP contribution in [0.15, 0.2) is 60.7 Å². The van der Waals surface area contributed by atoms with Gasteiger partial charge in [-0.3, -0.25) is 9.59 Å². The predicted octanol–water partition coefficient (Wildman–Crippen LogP) is 2.00. The van der Waals surface area contributed by atoms with Crippen LogP contribution in [0.4, 0.5) is 0 Å². The van der Waals surface area contributed by atoms with Crippen molar-refractivity contribution in [2.75, 3.05) is 27.4 Å². The molecule has 2 aromatic carbocycles. The number of carbonyl (C=O) groups excluding carboxylic acids is 2. The van der Waals surface area contributed by atoms with E-state index in [1.54, 1.807) is 0 Å². The van der Waals surface area contributed by atoms with Crippen LogP contribution >= 0.6 is 0 Å². The Kier molecular flexibility index (Phi) is 14.5. The number of hydrogen-bond acceptors (Lipinski definition) is 12. The largest absolute Gasteiger partial charge is 0.388 e.